The number of sulfonamides is 1. The van der Waals surface area contributed by atoms with Crippen molar-refractivity contribution in [3.05, 3.63) is 18.2 Å². The normalized spacial score (nSPS) is 22.8. The molecular formula is C21H29F3N2O5S. The number of ether oxygens (including phenoxy) is 2. The Morgan fingerprint density at radius 2 is 1.78 bits per heavy atom. The van der Waals surface area contributed by atoms with E-state index in [1.165, 1.54) is 18.2 Å². The molecule has 1 aliphatic heterocycles. The van der Waals surface area contributed by atoms with Crippen molar-refractivity contribution in [1.29, 1.82) is 0 Å². The first-order valence-electron chi connectivity index (χ1n) is 10.8. The number of rotatable bonds is 6. The predicted octanol–water partition coefficient (Wildman–Crippen LogP) is 3.39. The van der Waals surface area contributed by atoms with Gasteiger partial charge in [-0.05, 0) is 37.3 Å². The summed E-state index contributed by atoms with van der Waals surface area (Å²) >= 11 is 0. The fraction of sp³-hybridized carbons (Fsp3) is 0.667. The van der Waals surface area contributed by atoms with Crippen LogP contribution in [-0.4, -0.2) is 45.8 Å². The molecule has 0 bridgehead atoms. The summed E-state index contributed by atoms with van der Waals surface area (Å²) in [5.74, 6) is -1.78. The van der Waals surface area contributed by atoms with E-state index in [0.717, 1.165) is 0 Å². The number of amides is 1. The first-order chi connectivity index (χ1) is 15.0. The number of carbonyl (C=O) groups is 1. The highest BCUT2D eigenvalue weighted by Gasteiger charge is 2.43. The molecule has 3 rings (SSSR count). The Kier molecular flexibility index (Phi) is 7.59. The predicted molar refractivity (Wildman–Crippen MR) is 111 cm³/mol. The Morgan fingerprint density at radius 1 is 1.09 bits per heavy atom. The molecule has 1 heterocycles. The second kappa shape index (κ2) is 9.86. The summed E-state index contributed by atoms with van der Waals surface area (Å²) in [6.45, 7) is 4.19. The number of hydrogen-bond donors (Lipinski definition) is 2. The van der Waals surface area contributed by atoms with Crippen molar-refractivity contribution in [1.82, 2.24) is 10.0 Å². The number of hydrogen-bond acceptors (Lipinski definition) is 5. The monoisotopic (exact) mass is 478 g/mol. The molecule has 1 fully saturated rings. The van der Waals surface area contributed by atoms with Crippen LogP contribution in [0.1, 0.15) is 46.0 Å². The fourth-order valence-corrected chi connectivity index (χ4v) is 5.31. The van der Waals surface area contributed by atoms with E-state index in [4.69, 9.17) is 9.47 Å². The molecule has 32 heavy (non-hydrogen) atoms. The summed E-state index contributed by atoms with van der Waals surface area (Å²) in [5, 5.41) is 2.62. The van der Waals surface area contributed by atoms with Gasteiger partial charge in [-0.25, -0.2) is 8.42 Å². The van der Waals surface area contributed by atoms with Gasteiger partial charge in [-0.1, -0.05) is 20.3 Å². The average Bonchev–Trinajstić information content (AvgIpc) is 2.96. The van der Waals surface area contributed by atoms with E-state index >= 15 is 0 Å². The van der Waals surface area contributed by atoms with Crippen molar-refractivity contribution in [2.75, 3.05) is 13.2 Å². The quantitative estimate of drug-likeness (QED) is 0.654. The lowest BCUT2D eigenvalue weighted by Crippen LogP contribution is -2.53. The van der Waals surface area contributed by atoms with E-state index in [2.05, 4.69) is 10.0 Å². The lowest BCUT2D eigenvalue weighted by molar-refractivity contribution is -0.184. The maximum absolute atomic E-state index is 13.1. The van der Waals surface area contributed by atoms with E-state index in [-0.39, 0.29) is 17.7 Å². The Labute approximate surface area is 186 Å². The Morgan fingerprint density at radius 3 is 2.44 bits per heavy atom. The van der Waals surface area contributed by atoms with Gasteiger partial charge < -0.3 is 14.8 Å². The molecule has 1 amide bonds. The largest absolute Gasteiger partial charge is 0.490 e. The van der Waals surface area contributed by atoms with Gasteiger partial charge in [-0.15, -0.1) is 0 Å². The highest BCUT2D eigenvalue weighted by molar-refractivity contribution is 7.89. The van der Waals surface area contributed by atoms with Gasteiger partial charge in [0.25, 0.3) is 0 Å². The van der Waals surface area contributed by atoms with Gasteiger partial charge in [-0.3, -0.25) is 4.79 Å². The molecule has 7 nitrogen and oxygen atoms in total. The molecule has 2 N–H and O–H groups in total. The van der Waals surface area contributed by atoms with Crippen LogP contribution in [0.3, 0.4) is 0 Å². The summed E-state index contributed by atoms with van der Waals surface area (Å²) < 4.78 is 78.6. The molecule has 180 valence electrons. The molecule has 0 aromatic heterocycles. The zero-order valence-electron chi connectivity index (χ0n) is 18.1. The van der Waals surface area contributed by atoms with Gasteiger partial charge >= 0.3 is 6.18 Å². The molecular weight excluding hydrogens is 449 g/mol. The summed E-state index contributed by atoms with van der Waals surface area (Å²) in [5.41, 5.74) is 0. The standard InChI is InChI=1S/C21H29F3N2O5S/c1-13(2)19(20(27)25-15-6-3-5-14(11-15)21(22,23)24)26-32(28,29)16-7-8-17-18(12-16)31-10-4-9-30-17/h7-8,12-15,19,26H,3-6,9-11H2,1-2H3,(H,25,27). The van der Waals surface area contributed by atoms with Crippen LogP contribution >= 0.6 is 0 Å². The summed E-state index contributed by atoms with van der Waals surface area (Å²) in [7, 11) is -4.10. The fourth-order valence-electron chi connectivity index (χ4n) is 3.95. The number of benzene rings is 1. The van der Waals surface area contributed by atoms with Crippen LogP contribution in [-0.2, 0) is 14.8 Å². The smallest absolute Gasteiger partial charge is 0.391 e. The molecule has 3 atom stereocenters. The van der Waals surface area contributed by atoms with Crippen molar-refractivity contribution < 1.29 is 35.9 Å². The number of fused-ring (bicyclic) bond motifs is 1. The third kappa shape index (κ3) is 6.06. The Balaban J connectivity index is 1.71. The Hall–Kier alpha value is -2.01. The van der Waals surface area contributed by atoms with Gasteiger partial charge in [0.15, 0.2) is 11.5 Å². The molecule has 0 spiro atoms. The van der Waals surface area contributed by atoms with E-state index in [0.29, 0.717) is 44.0 Å². The third-order valence-electron chi connectivity index (χ3n) is 5.74. The van der Waals surface area contributed by atoms with Gasteiger partial charge in [0, 0.05) is 18.5 Å². The molecule has 3 unspecified atom stereocenters. The molecule has 1 aliphatic carbocycles. The van der Waals surface area contributed by atoms with Crippen LogP contribution in [0.4, 0.5) is 13.2 Å². The molecule has 2 aliphatic rings. The number of alkyl halides is 3. The minimum atomic E-state index is -4.31. The number of carbonyl (C=O) groups excluding carboxylic acids is 1. The van der Waals surface area contributed by atoms with Crippen LogP contribution in [0.15, 0.2) is 23.1 Å². The summed E-state index contributed by atoms with van der Waals surface area (Å²) in [6, 6.07) is 2.42. The number of halogens is 3. The number of nitrogens with one attached hydrogen (secondary N) is 2. The van der Waals surface area contributed by atoms with Crippen molar-refractivity contribution in [2.24, 2.45) is 11.8 Å². The lowest BCUT2D eigenvalue weighted by atomic mass is 9.85. The third-order valence-corrected chi connectivity index (χ3v) is 7.18. The molecule has 0 radical (unpaired) electrons. The highest BCUT2D eigenvalue weighted by Crippen LogP contribution is 2.37. The first kappa shape index (κ1) is 24.6. The van der Waals surface area contributed by atoms with Crippen molar-refractivity contribution in [2.45, 2.75) is 69.1 Å². The van der Waals surface area contributed by atoms with Crippen LogP contribution in [0.5, 0.6) is 11.5 Å². The molecule has 11 heteroatoms. The lowest BCUT2D eigenvalue weighted by Gasteiger charge is -2.32. The van der Waals surface area contributed by atoms with Crippen LogP contribution in [0.2, 0.25) is 0 Å². The second-order valence-electron chi connectivity index (χ2n) is 8.61. The van der Waals surface area contributed by atoms with Crippen molar-refractivity contribution >= 4 is 15.9 Å². The maximum atomic E-state index is 13.1. The van der Waals surface area contributed by atoms with Crippen LogP contribution in [0.25, 0.3) is 0 Å². The van der Waals surface area contributed by atoms with Gasteiger partial charge in [0.1, 0.15) is 6.04 Å². The maximum Gasteiger partial charge on any atom is 0.391 e. The van der Waals surface area contributed by atoms with Gasteiger partial charge in [0.05, 0.1) is 24.0 Å². The molecule has 1 aromatic rings. The molecule has 1 saturated carbocycles. The average molecular weight is 479 g/mol. The van der Waals surface area contributed by atoms with E-state index < -0.39 is 46.0 Å². The van der Waals surface area contributed by atoms with Crippen molar-refractivity contribution in [3.63, 3.8) is 0 Å². The van der Waals surface area contributed by atoms with Gasteiger partial charge in [0.2, 0.25) is 15.9 Å². The van der Waals surface area contributed by atoms with E-state index in [9.17, 15) is 26.4 Å². The van der Waals surface area contributed by atoms with Crippen molar-refractivity contribution in [3.8, 4) is 11.5 Å². The SMILES string of the molecule is CC(C)C(NS(=O)(=O)c1ccc2c(c1)OCCCO2)C(=O)NC1CCCC(C(F)(F)F)C1. The summed E-state index contributed by atoms with van der Waals surface area (Å²) in [6.07, 6.45) is -3.02. The highest BCUT2D eigenvalue weighted by atomic mass is 32.2. The first-order valence-corrected chi connectivity index (χ1v) is 12.2. The minimum absolute atomic E-state index is 0.0419. The topological polar surface area (TPSA) is 93.7 Å². The minimum Gasteiger partial charge on any atom is -0.490 e. The van der Waals surface area contributed by atoms with Crippen LogP contribution < -0.4 is 19.5 Å². The van der Waals surface area contributed by atoms with E-state index in [1.54, 1.807) is 13.8 Å². The van der Waals surface area contributed by atoms with Crippen LogP contribution in [0, 0.1) is 11.8 Å². The summed E-state index contributed by atoms with van der Waals surface area (Å²) in [4.78, 5) is 12.7. The Bertz CT molecular complexity index is 921. The molecule has 1 aromatic carbocycles. The second-order valence-corrected chi connectivity index (χ2v) is 10.3. The van der Waals surface area contributed by atoms with Gasteiger partial charge in [-0.2, -0.15) is 17.9 Å². The van der Waals surface area contributed by atoms with E-state index in [1.807, 2.05) is 0 Å². The zero-order chi connectivity index (χ0) is 23.5. The zero-order valence-corrected chi connectivity index (χ0v) is 18.9. The molecule has 0 saturated heterocycles.